The van der Waals surface area contributed by atoms with Crippen LogP contribution in [0.15, 0.2) is 12.3 Å². The molecule has 3 nitrogen and oxygen atoms in total. The van der Waals surface area contributed by atoms with Crippen LogP contribution in [-0.2, 0) is 0 Å². The van der Waals surface area contributed by atoms with Gasteiger partial charge in [-0.25, -0.2) is 4.98 Å². The van der Waals surface area contributed by atoms with Gasteiger partial charge in [0, 0.05) is 18.8 Å². The lowest BCUT2D eigenvalue weighted by atomic mass is 10.1. The third kappa shape index (κ3) is 1.87. The molecule has 0 aliphatic rings. The molecular formula is C7H9Cl2N3. The van der Waals surface area contributed by atoms with Crippen LogP contribution in [0.3, 0.4) is 0 Å². The minimum Gasteiger partial charge on any atom is -0.329 e. The van der Waals surface area contributed by atoms with Crippen molar-refractivity contribution in [1.82, 2.24) is 4.98 Å². The van der Waals surface area contributed by atoms with E-state index >= 15 is 0 Å². The summed E-state index contributed by atoms with van der Waals surface area (Å²) in [6, 6.07) is 1.43. The fourth-order valence-electron chi connectivity index (χ4n) is 0.845. The summed E-state index contributed by atoms with van der Waals surface area (Å²) in [4.78, 5) is 3.79. The van der Waals surface area contributed by atoms with Crippen LogP contribution in [-0.4, -0.2) is 11.5 Å². The minimum atomic E-state index is -0.280. The lowest BCUT2D eigenvalue weighted by molar-refractivity contribution is 0.736. The first kappa shape index (κ1) is 9.74. The number of pyridine rings is 1. The Labute approximate surface area is 80.7 Å². The average molecular weight is 206 g/mol. The average Bonchev–Trinajstić information content (AvgIpc) is 2.08. The SMILES string of the molecule is NC[C@@H](N)c1ccnc(Cl)c1Cl. The molecule has 0 bridgehead atoms. The van der Waals surface area contributed by atoms with Gasteiger partial charge in [0.15, 0.2) is 0 Å². The highest BCUT2D eigenvalue weighted by atomic mass is 35.5. The fraction of sp³-hybridized carbons (Fsp3) is 0.286. The van der Waals surface area contributed by atoms with Gasteiger partial charge in [-0.2, -0.15) is 0 Å². The summed E-state index contributed by atoms with van der Waals surface area (Å²) in [5, 5.41) is 0.648. The van der Waals surface area contributed by atoms with Crippen molar-refractivity contribution in [3.05, 3.63) is 28.0 Å². The van der Waals surface area contributed by atoms with Gasteiger partial charge in [0.05, 0.1) is 5.02 Å². The number of nitrogens with two attached hydrogens (primary N) is 2. The van der Waals surface area contributed by atoms with Crippen molar-refractivity contribution < 1.29 is 0 Å². The predicted octanol–water partition coefficient (Wildman–Crippen LogP) is 1.35. The van der Waals surface area contributed by atoms with Gasteiger partial charge in [0.1, 0.15) is 5.15 Å². The molecule has 1 aromatic heterocycles. The van der Waals surface area contributed by atoms with Gasteiger partial charge >= 0.3 is 0 Å². The van der Waals surface area contributed by atoms with Crippen LogP contribution in [0.25, 0.3) is 0 Å². The van der Waals surface area contributed by atoms with E-state index in [2.05, 4.69) is 4.98 Å². The monoisotopic (exact) mass is 205 g/mol. The maximum absolute atomic E-state index is 5.84. The molecule has 12 heavy (non-hydrogen) atoms. The van der Waals surface area contributed by atoms with Crippen LogP contribution >= 0.6 is 23.2 Å². The zero-order valence-electron chi connectivity index (χ0n) is 6.30. The van der Waals surface area contributed by atoms with E-state index in [0.717, 1.165) is 5.56 Å². The molecule has 0 aliphatic carbocycles. The second kappa shape index (κ2) is 4.05. The zero-order valence-corrected chi connectivity index (χ0v) is 7.81. The van der Waals surface area contributed by atoms with E-state index in [1.807, 2.05) is 0 Å². The maximum Gasteiger partial charge on any atom is 0.147 e. The van der Waals surface area contributed by atoms with E-state index in [1.54, 1.807) is 12.3 Å². The summed E-state index contributed by atoms with van der Waals surface area (Å²) in [7, 11) is 0. The molecule has 1 rings (SSSR count). The molecule has 5 heteroatoms. The van der Waals surface area contributed by atoms with Crippen LogP contribution in [0.5, 0.6) is 0 Å². The molecule has 0 aliphatic heterocycles. The predicted molar refractivity (Wildman–Crippen MR) is 50.2 cm³/mol. The van der Waals surface area contributed by atoms with E-state index in [0.29, 0.717) is 11.6 Å². The lowest BCUT2D eigenvalue weighted by Crippen LogP contribution is -2.21. The third-order valence-corrected chi connectivity index (χ3v) is 2.31. The van der Waals surface area contributed by atoms with Crippen LogP contribution in [0.1, 0.15) is 11.6 Å². The maximum atomic E-state index is 5.84. The second-order valence-corrected chi connectivity index (χ2v) is 3.08. The summed E-state index contributed by atoms with van der Waals surface area (Å²) in [5.41, 5.74) is 11.8. The number of nitrogens with zero attached hydrogens (tertiary/aromatic N) is 1. The molecule has 0 fully saturated rings. The Morgan fingerprint density at radius 1 is 1.50 bits per heavy atom. The van der Waals surface area contributed by atoms with Crippen molar-refractivity contribution in [3.8, 4) is 0 Å². The zero-order chi connectivity index (χ0) is 9.14. The Hall–Kier alpha value is -0.350. The summed E-state index contributed by atoms with van der Waals surface area (Å²) in [6.45, 7) is 0.333. The molecule has 0 unspecified atom stereocenters. The van der Waals surface area contributed by atoms with Crippen molar-refractivity contribution in [1.29, 1.82) is 0 Å². The Bertz CT molecular complexity index is 277. The first-order chi connectivity index (χ1) is 5.66. The summed E-state index contributed by atoms with van der Waals surface area (Å²) >= 11 is 11.5. The quantitative estimate of drug-likeness (QED) is 0.717. The molecule has 0 amide bonds. The Balaban J connectivity index is 3.07. The van der Waals surface area contributed by atoms with E-state index in [-0.39, 0.29) is 11.2 Å². The minimum absolute atomic E-state index is 0.262. The molecule has 1 aromatic rings. The second-order valence-electron chi connectivity index (χ2n) is 2.35. The van der Waals surface area contributed by atoms with E-state index in [4.69, 9.17) is 34.7 Å². The highest BCUT2D eigenvalue weighted by Gasteiger charge is 2.10. The molecule has 4 N–H and O–H groups in total. The van der Waals surface area contributed by atoms with Gasteiger partial charge in [0.2, 0.25) is 0 Å². The number of halogens is 2. The van der Waals surface area contributed by atoms with Gasteiger partial charge in [-0.15, -0.1) is 0 Å². The van der Waals surface area contributed by atoms with Gasteiger partial charge in [-0.3, -0.25) is 0 Å². The van der Waals surface area contributed by atoms with Crippen LogP contribution in [0, 0.1) is 0 Å². The fourth-order valence-corrected chi connectivity index (χ4v) is 1.26. The molecule has 0 aromatic carbocycles. The topological polar surface area (TPSA) is 64.9 Å². The Kier molecular flexibility index (Phi) is 3.29. The number of aromatic nitrogens is 1. The van der Waals surface area contributed by atoms with Gasteiger partial charge in [0.25, 0.3) is 0 Å². The molecule has 0 radical (unpaired) electrons. The van der Waals surface area contributed by atoms with Crippen LogP contribution in [0.4, 0.5) is 0 Å². The molecular weight excluding hydrogens is 197 g/mol. The van der Waals surface area contributed by atoms with Crippen molar-refractivity contribution >= 4 is 23.2 Å². The molecule has 0 spiro atoms. The lowest BCUT2D eigenvalue weighted by Gasteiger charge is -2.10. The largest absolute Gasteiger partial charge is 0.329 e. The van der Waals surface area contributed by atoms with Gasteiger partial charge < -0.3 is 11.5 Å². The highest BCUT2D eigenvalue weighted by molar-refractivity contribution is 6.41. The Morgan fingerprint density at radius 2 is 2.17 bits per heavy atom. The summed E-state index contributed by atoms with van der Waals surface area (Å²) in [6.07, 6.45) is 1.55. The van der Waals surface area contributed by atoms with Crippen molar-refractivity contribution in [2.75, 3.05) is 6.54 Å². The van der Waals surface area contributed by atoms with Crippen molar-refractivity contribution in [2.24, 2.45) is 11.5 Å². The smallest absolute Gasteiger partial charge is 0.147 e. The first-order valence-electron chi connectivity index (χ1n) is 3.42. The summed E-state index contributed by atoms with van der Waals surface area (Å²) in [5.74, 6) is 0. The standard InChI is InChI=1S/C7H9Cl2N3/c8-6-4(5(11)3-10)1-2-12-7(6)9/h1-2,5H,3,10-11H2/t5-/m1/s1. The molecule has 0 saturated carbocycles. The molecule has 0 saturated heterocycles. The van der Waals surface area contributed by atoms with E-state index < -0.39 is 0 Å². The van der Waals surface area contributed by atoms with E-state index in [9.17, 15) is 0 Å². The summed E-state index contributed by atoms with van der Waals surface area (Å²) < 4.78 is 0. The highest BCUT2D eigenvalue weighted by Crippen LogP contribution is 2.26. The van der Waals surface area contributed by atoms with Crippen molar-refractivity contribution in [2.45, 2.75) is 6.04 Å². The Morgan fingerprint density at radius 3 is 2.75 bits per heavy atom. The normalized spacial score (nSPS) is 13.0. The van der Waals surface area contributed by atoms with Crippen LogP contribution < -0.4 is 11.5 Å². The number of hydrogen-bond acceptors (Lipinski definition) is 3. The van der Waals surface area contributed by atoms with Gasteiger partial charge in [-0.1, -0.05) is 23.2 Å². The van der Waals surface area contributed by atoms with E-state index in [1.165, 1.54) is 0 Å². The molecule has 1 heterocycles. The first-order valence-corrected chi connectivity index (χ1v) is 4.18. The van der Waals surface area contributed by atoms with Gasteiger partial charge in [-0.05, 0) is 11.6 Å². The third-order valence-electron chi connectivity index (χ3n) is 1.53. The number of hydrogen-bond donors (Lipinski definition) is 2. The number of rotatable bonds is 2. The van der Waals surface area contributed by atoms with Crippen LogP contribution in [0.2, 0.25) is 10.2 Å². The van der Waals surface area contributed by atoms with Crippen molar-refractivity contribution in [3.63, 3.8) is 0 Å². The molecule has 1 atom stereocenters. The molecule has 66 valence electrons.